The number of halogens is 1. The first-order valence-electron chi connectivity index (χ1n) is 8.99. The first kappa shape index (κ1) is 18.7. The highest BCUT2D eigenvalue weighted by Gasteiger charge is 2.30. The first-order chi connectivity index (χ1) is 14.0. The standard InChI is InChI=1S/C19H18FN5O4/c1-29-15-12-13(20)5-6-14(15)22-8-10-23(11-9-22)18-17(25(27)28)19(26)24-7-3-2-4-16(24)21-18/h2-7,12H,8-11H2,1H3. The number of nitro groups is 1. The number of methoxy groups -OCH3 is 1. The second-order valence-corrected chi connectivity index (χ2v) is 6.57. The lowest BCUT2D eigenvalue weighted by molar-refractivity contribution is -0.385. The molecule has 10 heteroatoms. The van der Waals surface area contributed by atoms with Crippen molar-refractivity contribution < 1.29 is 14.1 Å². The van der Waals surface area contributed by atoms with E-state index in [4.69, 9.17) is 4.74 Å². The number of hydrogen-bond acceptors (Lipinski definition) is 7. The maximum atomic E-state index is 13.5. The number of aromatic nitrogens is 2. The topological polar surface area (TPSA) is 93.2 Å². The lowest BCUT2D eigenvalue weighted by Crippen LogP contribution is -2.47. The van der Waals surface area contributed by atoms with Crippen LogP contribution in [0.2, 0.25) is 0 Å². The predicted molar refractivity (Wildman–Crippen MR) is 105 cm³/mol. The molecule has 0 bridgehead atoms. The Morgan fingerprint density at radius 1 is 1.14 bits per heavy atom. The molecule has 0 N–H and O–H groups in total. The summed E-state index contributed by atoms with van der Waals surface area (Å²) in [6.45, 7) is 1.84. The van der Waals surface area contributed by atoms with Gasteiger partial charge in [-0.15, -0.1) is 0 Å². The van der Waals surface area contributed by atoms with Crippen LogP contribution in [-0.4, -0.2) is 47.6 Å². The summed E-state index contributed by atoms with van der Waals surface area (Å²) in [5.41, 5.74) is -0.157. The molecule has 0 aliphatic carbocycles. The van der Waals surface area contributed by atoms with Crippen molar-refractivity contribution in [1.29, 1.82) is 0 Å². The normalized spacial score (nSPS) is 14.3. The molecule has 3 heterocycles. The molecule has 3 aromatic rings. The Labute approximate surface area is 164 Å². The summed E-state index contributed by atoms with van der Waals surface area (Å²) in [5, 5.41) is 11.6. The van der Waals surface area contributed by atoms with E-state index in [0.29, 0.717) is 37.6 Å². The van der Waals surface area contributed by atoms with Gasteiger partial charge >= 0.3 is 11.2 Å². The Morgan fingerprint density at radius 2 is 1.86 bits per heavy atom. The summed E-state index contributed by atoms with van der Waals surface area (Å²) in [6, 6.07) is 9.30. The van der Waals surface area contributed by atoms with E-state index < -0.39 is 16.2 Å². The molecule has 0 amide bonds. The maximum Gasteiger partial charge on any atom is 0.376 e. The number of piperazine rings is 1. The molecular formula is C19H18FN5O4. The van der Waals surface area contributed by atoms with E-state index in [-0.39, 0.29) is 11.6 Å². The minimum Gasteiger partial charge on any atom is -0.494 e. The van der Waals surface area contributed by atoms with Crippen LogP contribution in [0.4, 0.5) is 21.6 Å². The van der Waals surface area contributed by atoms with E-state index in [9.17, 15) is 19.3 Å². The average Bonchev–Trinajstić information content (AvgIpc) is 2.73. The smallest absolute Gasteiger partial charge is 0.376 e. The molecule has 1 aliphatic heterocycles. The van der Waals surface area contributed by atoms with Crippen molar-refractivity contribution in [2.45, 2.75) is 0 Å². The van der Waals surface area contributed by atoms with Crippen molar-refractivity contribution in [3.8, 4) is 5.75 Å². The van der Waals surface area contributed by atoms with Crippen molar-refractivity contribution in [3.05, 3.63) is 68.9 Å². The monoisotopic (exact) mass is 399 g/mol. The third-order valence-electron chi connectivity index (χ3n) is 4.94. The highest BCUT2D eigenvalue weighted by atomic mass is 19.1. The molecular weight excluding hydrogens is 381 g/mol. The van der Waals surface area contributed by atoms with E-state index >= 15 is 0 Å². The predicted octanol–water partition coefficient (Wildman–Crippen LogP) is 2.08. The van der Waals surface area contributed by atoms with Crippen LogP contribution >= 0.6 is 0 Å². The third-order valence-corrected chi connectivity index (χ3v) is 4.94. The van der Waals surface area contributed by atoms with Crippen LogP contribution in [0, 0.1) is 15.9 Å². The molecule has 0 saturated carbocycles. The van der Waals surface area contributed by atoms with Crippen molar-refractivity contribution in [2.24, 2.45) is 0 Å². The average molecular weight is 399 g/mol. The van der Waals surface area contributed by atoms with E-state index in [2.05, 4.69) is 4.98 Å². The van der Waals surface area contributed by atoms with Gasteiger partial charge in [-0.2, -0.15) is 0 Å². The van der Waals surface area contributed by atoms with Crippen molar-refractivity contribution in [1.82, 2.24) is 9.38 Å². The summed E-state index contributed by atoms with van der Waals surface area (Å²) >= 11 is 0. The van der Waals surface area contributed by atoms with Crippen LogP contribution in [0.15, 0.2) is 47.4 Å². The third kappa shape index (κ3) is 3.33. The van der Waals surface area contributed by atoms with Crippen LogP contribution in [0.1, 0.15) is 0 Å². The van der Waals surface area contributed by atoms with Gasteiger partial charge in [-0.3, -0.25) is 19.3 Å². The second kappa shape index (κ2) is 7.38. The van der Waals surface area contributed by atoms with Crippen LogP contribution in [0.25, 0.3) is 5.65 Å². The second-order valence-electron chi connectivity index (χ2n) is 6.57. The van der Waals surface area contributed by atoms with Crippen molar-refractivity contribution >= 4 is 22.8 Å². The number of ether oxygens (including phenoxy) is 1. The number of nitrogens with zero attached hydrogens (tertiary/aromatic N) is 5. The molecule has 29 heavy (non-hydrogen) atoms. The van der Waals surface area contributed by atoms with Gasteiger partial charge in [0.1, 0.15) is 17.2 Å². The van der Waals surface area contributed by atoms with Gasteiger partial charge in [0.15, 0.2) is 0 Å². The van der Waals surface area contributed by atoms with Gasteiger partial charge < -0.3 is 14.5 Å². The number of rotatable bonds is 4. The quantitative estimate of drug-likeness (QED) is 0.490. The van der Waals surface area contributed by atoms with Crippen LogP contribution in [0.5, 0.6) is 5.75 Å². The van der Waals surface area contributed by atoms with E-state index in [0.717, 1.165) is 5.69 Å². The first-order valence-corrected chi connectivity index (χ1v) is 8.99. The number of hydrogen-bond donors (Lipinski definition) is 0. The summed E-state index contributed by atoms with van der Waals surface area (Å²) < 4.78 is 19.9. The minimum atomic E-state index is -0.710. The molecule has 1 fully saturated rings. The van der Waals surface area contributed by atoms with Gasteiger partial charge in [0.25, 0.3) is 0 Å². The van der Waals surface area contributed by atoms with Crippen molar-refractivity contribution in [3.63, 3.8) is 0 Å². The largest absolute Gasteiger partial charge is 0.494 e. The zero-order chi connectivity index (χ0) is 20.5. The molecule has 0 radical (unpaired) electrons. The Bertz CT molecular complexity index is 1140. The van der Waals surface area contributed by atoms with Crippen LogP contribution in [-0.2, 0) is 0 Å². The molecule has 0 unspecified atom stereocenters. The highest BCUT2D eigenvalue weighted by molar-refractivity contribution is 5.64. The molecule has 2 aromatic heterocycles. The summed E-state index contributed by atoms with van der Waals surface area (Å²) in [7, 11) is 1.48. The molecule has 150 valence electrons. The maximum absolute atomic E-state index is 13.5. The molecule has 9 nitrogen and oxygen atoms in total. The fraction of sp³-hybridized carbons (Fsp3) is 0.263. The van der Waals surface area contributed by atoms with Gasteiger partial charge in [-0.25, -0.2) is 9.37 Å². The van der Waals surface area contributed by atoms with Crippen LogP contribution in [0.3, 0.4) is 0 Å². The minimum absolute atomic E-state index is 0.0666. The fourth-order valence-corrected chi connectivity index (χ4v) is 3.52. The zero-order valence-electron chi connectivity index (χ0n) is 15.6. The van der Waals surface area contributed by atoms with Gasteiger partial charge in [-0.1, -0.05) is 6.07 Å². The molecule has 1 saturated heterocycles. The Morgan fingerprint density at radius 3 is 2.55 bits per heavy atom. The Balaban J connectivity index is 1.65. The molecule has 0 atom stereocenters. The summed E-state index contributed by atoms with van der Waals surface area (Å²) in [4.78, 5) is 31.7. The summed E-state index contributed by atoms with van der Waals surface area (Å²) in [6.07, 6.45) is 1.46. The Hall–Kier alpha value is -3.69. The van der Waals surface area contributed by atoms with E-state index in [1.54, 1.807) is 29.2 Å². The molecule has 1 aromatic carbocycles. The fourth-order valence-electron chi connectivity index (χ4n) is 3.52. The zero-order valence-corrected chi connectivity index (χ0v) is 15.6. The number of fused-ring (bicyclic) bond motifs is 1. The number of anilines is 2. The molecule has 0 spiro atoms. The molecule has 1 aliphatic rings. The van der Waals surface area contributed by atoms with Gasteiger partial charge in [0, 0.05) is 38.4 Å². The van der Waals surface area contributed by atoms with Gasteiger partial charge in [0.05, 0.1) is 17.7 Å². The lowest BCUT2D eigenvalue weighted by Gasteiger charge is -2.36. The van der Waals surface area contributed by atoms with Gasteiger partial charge in [-0.05, 0) is 24.3 Å². The lowest BCUT2D eigenvalue weighted by atomic mass is 10.2. The van der Waals surface area contributed by atoms with Crippen molar-refractivity contribution in [2.75, 3.05) is 43.1 Å². The SMILES string of the molecule is COc1cc(F)ccc1N1CCN(c2nc3ccccn3c(=O)c2[N+](=O)[O-])CC1. The van der Waals surface area contributed by atoms with Crippen LogP contribution < -0.4 is 20.1 Å². The highest BCUT2D eigenvalue weighted by Crippen LogP contribution is 2.31. The van der Waals surface area contributed by atoms with Gasteiger partial charge in [0.2, 0.25) is 5.82 Å². The molecule has 4 rings (SSSR count). The van der Waals surface area contributed by atoms with E-state index in [1.807, 2.05) is 4.90 Å². The van der Waals surface area contributed by atoms with E-state index in [1.165, 1.54) is 29.8 Å². The number of pyridine rings is 1. The number of benzene rings is 1. The Kier molecular flexibility index (Phi) is 4.75. The summed E-state index contributed by atoms with van der Waals surface area (Å²) in [5.74, 6) is 0.101.